The van der Waals surface area contributed by atoms with Gasteiger partial charge < -0.3 is 15.1 Å². The van der Waals surface area contributed by atoms with Gasteiger partial charge in [-0.3, -0.25) is 14.5 Å². The minimum absolute atomic E-state index is 0.0355. The van der Waals surface area contributed by atoms with Crippen LogP contribution < -0.4 is 5.73 Å². The van der Waals surface area contributed by atoms with Crippen LogP contribution >= 0.6 is 11.6 Å². The Bertz CT molecular complexity index is 858. The topological polar surface area (TPSA) is 96.8 Å². The summed E-state index contributed by atoms with van der Waals surface area (Å²) in [6.07, 6.45) is 0. The fourth-order valence-corrected chi connectivity index (χ4v) is 3.10. The molecule has 4 amide bonds. The van der Waals surface area contributed by atoms with Crippen molar-refractivity contribution in [2.45, 2.75) is 25.9 Å². The molecule has 1 aromatic carbocycles. The van der Waals surface area contributed by atoms with Crippen LogP contribution in [-0.2, 0) is 16.1 Å². The monoisotopic (exact) mass is 349 g/mol. The van der Waals surface area contributed by atoms with Crippen LogP contribution in [0.4, 0.5) is 4.79 Å². The Balaban J connectivity index is 1.97. The van der Waals surface area contributed by atoms with Crippen LogP contribution in [0.2, 0.25) is 5.22 Å². The van der Waals surface area contributed by atoms with Gasteiger partial charge in [0.25, 0.3) is 5.91 Å². The van der Waals surface area contributed by atoms with E-state index in [4.69, 9.17) is 21.8 Å². The first-order valence-corrected chi connectivity index (χ1v) is 7.69. The van der Waals surface area contributed by atoms with E-state index in [1.807, 2.05) is 6.07 Å². The van der Waals surface area contributed by atoms with Gasteiger partial charge in [-0.1, -0.05) is 18.2 Å². The molecule has 126 valence electrons. The molecule has 2 heterocycles. The number of halogens is 1. The summed E-state index contributed by atoms with van der Waals surface area (Å²) in [5.74, 6) is -1.10. The lowest BCUT2D eigenvalue weighted by atomic mass is 10.0. The molecule has 1 saturated heterocycles. The standard InChI is InChI=1S/C16H16ClN3O4/c1-16(2)14(22)19(15(23)20(16)8-12(18)21)7-10-9-5-3-4-6-11(9)24-13(10)17/h3-6H,7-8H2,1-2H3,(H2,18,21). The molecule has 24 heavy (non-hydrogen) atoms. The Labute approximate surface area is 142 Å². The molecule has 2 N–H and O–H groups in total. The van der Waals surface area contributed by atoms with Gasteiger partial charge in [0.1, 0.15) is 17.7 Å². The molecule has 1 aliphatic heterocycles. The van der Waals surface area contributed by atoms with Crippen molar-refractivity contribution < 1.29 is 18.8 Å². The lowest BCUT2D eigenvalue weighted by Gasteiger charge is -2.26. The fourth-order valence-electron chi connectivity index (χ4n) is 2.85. The second kappa shape index (κ2) is 5.52. The van der Waals surface area contributed by atoms with Crippen LogP contribution in [0, 0.1) is 0 Å². The van der Waals surface area contributed by atoms with Crippen LogP contribution in [0.5, 0.6) is 0 Å². The van der Waals surface area contributed by atoms with Crippen molar-refractivity contribution in [3.63, 3.8) is 0 Å². The number of nitrogens with zero attached hydrogens (tertiary/aromatic N) is 2. The number of carbonyl (C=O) groups excluding carboxylic acids is 3. The third kappa shape index (κ3) is 2.41. The first kappa shape index (κ1) is 16.3. The Kier molecular flexibility index (Phi) is 3.76. The number of carbonyl (C=O) groups is 3. The molecule has 1 aliphatic rings. The van der Waals surface area contributed by atoms with E-state index in [2.05, 4.69) is 0 Å². The zero-order valence-corrected chi connectivity index (χ0v) is 14.0. The predicted octanol–water partition coefficient (Wildman–Crippen LogP) is 2.11. The van der Waals surface area contributed by atoms with Crippen molar-refractivity contribution >= 4 is 40.4 Å². The van der Waals surface area contributed by atoms with E-state index < -0.39 is 23.4 Å². The molecule has 8 heteroatoms. The highest BCUT2D eigenvalue weighted by Crippen LogP contribution is 2.34. The number of amides is 4. The highest BCUT2D eigenvalue weighted by atomic mass is 35.5. The summed E-state index contributed by atoms with van der Waals surface area (Å²) in [5.41, 5.74) is 5.15. The van der Waals surface area contributed by atoms with Crippen LogP contribution in [0.1, 0.15) is 19.4 Å². The normalized spacial score (nSPS) is 17.1. The van der Waals surface area contributed by atoms with E-state index >= 15 is 0 Å². The molecule has 2 aromatic rings. The number of benzene rings is 1. The average Bonchev–Trinajstić information content (AvgIpc) is 2.90. The number of furan rings is 1. The maximum atomic E-state index is 12.6. The number of hydrogen-bond acceptors (Lipinski definition) is 4. The average molecular weight is 350 g/mol. The summed E-state index contributed by atoms with van der Waals surface area (Å²) in [7, 11) is 0. The van der Waals surface area contributed by atoms with Crippen LogP contribution in [0.25, 0.3) is 11.0 Å². The molecule has 0 spiro atoms. The van der Waals surface area contributed by atoms with Gasteiger partial charge in [0.15, 0.2) is 5.22 Å². The van der Waals surface area contributed by atoms with E-state index in [0.29, 0.717) is 11.1 Å². The van der Waals surface area contributed by atoms with Crippen LogP contribution in [0.15, 0.2) is 28.7 Å². The van der Waals surface area contributed by atoms with Crippen LogP contribution in [-0.4, -0.2) is 39.7 Å². The summed E-state index contributed by atoms with van der Waals surface area (Å²) in [5, 5.41) is 0.859. The smallest absolute Gasteiger partial charge is 0.328 e. The number of fused-ring (bicyclic) bond motifs is 1. The molecular formula is C16H16ClN3O4. The molecule has 0 unspecified atom stereocenters. The number of imide groups is 1. The van der Waals surface area contributed by atoms with Crippen molar-refractivity contribution in [2.24, 2.45) is 5.73 Å². The van der Waals surface area contributed by atoms with E-state index in [1.54, 1.807) is 32.0 Å². The van der Waals surface area contributed by atoms with Gasteiger partial charge in [-0.15, -0.1) is 0 Å². The summed E-state index contributed by atoms with van der Waals surface area (Å²) in [4.78, 5) is 38.7. The van der Waals surface area contributed by atoms with Crippen molar-refractivity contribution in [1.29, 1.82) is 0 Å². The third-order valence-electron chi connectivity index (χ3n) is 4.18. The lowest BCUT2D eigenvalue weighted by molar-refractivity contribution is -0.132. The molecular weight excluding hydrogens is 334 g/mol. The van der Waals surface area contributed by atoms with Gasteiger partial charge in [-0.25, -0.2) is 4.79 Å². The number of nitrogens with two attached hydrogens (primary N) is 1. The van der Waals surface area contributed by atoms with Crippen LogP contribution in [0.3, 0.4) is 0 Å². The summed E-state index contributed by atoms with van der Waals surface area (Å²) >= 11 is 6.13. The maximum Gasteiger partial charge on any atom is 0.328 e. The summed E-state index contributed by atoms with van der Waals surface area (Å²) < 4.78 is 5.45. The molecule has 0 bridgehead atoms. The van der Waals surface area contributed by atoms with E-state index in [9.17, 15) is 14.4 Å². The zero-order chi connectivity index (χ0) is 17.6. The Hall–Kier alpha value is -2.54. The quantitative estimate of drug-likeness (QED) is 0.855. The van der Waals surface area contributed by atoms with Gasteiger partial charge in [0.2, 0.25) is 5.91 Å². The van der Waals surface area contributed by atoms with E-state index in [-0.39, 0.29) is 18.3 Å². The third-order valence-corrected chi connectivity index (χ3v) is 4.49. The zero-order valence-electron chi connectivity index (χ0n) is 13.2. The first-order chi connectivity index (χ1) is 11.2. The molecule has 0 saturated carbocycles. The van der Waals surface area contributed by atoms with Crippen molar-refractivity contribution in [3.05, 3.63) is 35.0 Å². The summed E-state index contributed by atoms with van der Waals surface area (Å²) in [6.45, 7) is 2.79. The number of para-hydroxylation sites is 1. The van der Waals surface area contributed by atoms with Gasteiger partial charge in [0, 0.05) is 10.9 Å². The number of rotatable bonds is 4. The number of urea groups is 1. The molecule has 0 aliphatic carbocycles. The van der Waals surface area contributed by atoms with Gasteiger partial charge >= 0.3 is 6.03 Å². The van der Waals surface area contributed by atoms with Crippen molar-refractivity contribution in [3.8, 4) is 0 Å². The van der Waals surface area contributed by atoms with E-state index in [0.717, 1.165) is 15.2 Å². The number of hydrogen-bond donors (Lipinski definition) is 1. The predicted molar refractivity (Wildman–Crippen MR) is 87.1 cm³/mol. The molecule has 0 radical (unpaired) electrons. The van der Waals surface area contributed by atoms with Gasteiger partial charge in [-0.2, -0.15) is 0 Å². The number of primary amides is 1. The lowest BCUT2D eigenvalue weighted by Crippen LogP contribution is -2.47. The second-order valence-corrected chi connectivity index (χ2v) is 6.48. The minimum Gasteiger partial charge on any atom is -0.444 e. The highest BCUT2D eigenvalue weighted by Gasteiger charge is 2.51. The first-order valence-electron chi connectivity index (χ1n) is 7.31. The second-order valence-electron chi connectivity index (χ2n) is 6.14. The Morgan fingerprint density at radius 2 is 1.96 bits per heavy atom. The molecule has 1 fully saturated rings. The largest absolute Gasteiger partial charge is 0.444 e. The Morgan fingerprint density at radius 3 is 2.62 bits per heavy atom. The Morgan fingerprint density at radius 1 is 1.29 bits per heavy atom. The minimum atomic E-state index is -1.15. The molecule has 7 nitrogen and oxygen atoms in total. The molecule has 3 rings (SSSR count). The maximum absolute atomic E-state index is 12.6. The summed E-state index contributed by atoms with van der Waals surface area (Å²) in [6, 6.07) is 6.59. The van der Waals surface area contributed by atoms with E-state index in [1.165, 1.54) is 0 Å². The fraction of sp³-hybridized carbons (Fsp3) is 0.312. The molecule has 0 atom stereocenters. The SMILES string of the molecule is CC1(C)C(=O)N(Cc2c(Cl)oc3ccccc23)C(=O)N1CC(N)=O. The van der Waals surface area contributed by atoms with Gasteiger partial charge in [-0.05, 0) is 31.5 Å². The van der Waals surface area contributed by atoms with Crippen molar-refractivity contribution in [2.75, 3.05) is 6.54 Å². The van der Waals surface area contributed by atoms with Gasteiger partial charge in [0.05, 0.1) is 6.54 Å². The highest BCUT2D eigenvalue weighted by molar-refractivity contribution is 6.31. The van der Waals surface area contributed by atoms with Crippen molar-refractivity contribution in [1.82, 2.24) is 9.80 Å². The molecule has 1 aromatic heterocycles.